The number of H-pyrrole nitrogens is 1. The maximum Gasteiger partial charge on any atom is 0.573 e. The van der Waals surface area contributed by atoms with Gasteiger partial charge < -0.3 is 10.1 Å². The summed E-state index contributed by atoms with van der Waals surface area (Å²) in [7, 11) is 0. The Balaban J connectivity index is 2.15. The molecule has 0 unspecified atom stereocenters. The largest absolute Gasteiger partial charge is 0.573 e. The van der Waals surface area contributed by atoms with Crippen LogP contribution in [-0.4, -0.2) is 27.0 Å². The summed E-state index contributed by atoms with van der Waals surface area (Å²) in [6.07, 6.45) is -3.42. The molecular weight excluding hydrogens is 416 g/mol. The zero-order chi connectivity index (χ0) is 16.2. The van der Waals surface area contributed by atoms with E-state index in [0.717, 1.165) is 6.07 Å². The highest BCUT2D eigenvalue weighted by atomic mass is 127. The molecule has 11 heteroatoms. The Labute approximate surface area is 135 Å². The van der Waals surface area contributed by atoms with E-state index in [0.29, 0.717) is 9.26 Å². The third kappa shape index (κ3) is 4.32. The second kappa shape index (κ2) is 6.60. The minimum Gasteiger partial charge on any atom is -0.406 e. The van der Waals surface area contributed by atoms with Gasteiger partial charge in [0.2, 0.25) is 5.82 Å². The molecule has 0 radical (unpaired) electrons. The molecule has 0 amide bonds. The maximum absolute atomic E-state index is 12.1. The highest BCUT2D eigenvalue weighted by molar-refractivity contribution is 14.1. The number of hydrogen-bond donors (Lipinski definition) is 2. The summed E-state index contributed by atoms with van der Waals surface area (Å²) in [6, 6.07) is 5.64. The van der Waals surface area contributed by atoms with Crippen LogP contribution >= 0.6 is 22.6 Å². The molecule has 0 spiro atoms. The zero-order valence-corrected chi connectivity index (χ0v) is 12.7. The fourth-order valence-corrected chi connectivity index (χ4v) is 2.03. The van der Waals surface area contributed by atoms with E-state index in [4.69, 9.17) is 5.26 Å². The van der Waals surface area contributed by atoms with E-state index in [1.165, 1.54) is 18.3 Å². The van der Waals surface area contributed by atoms with Crippen molar-refractivity contribution in [3.63, 3.8) is 0 Å². The molecule has 2 rings (SSSR count). The molecule has 114 valence electrons. The number of anilines is 1. The van der Waals surface area contributed by atoms with Gasteiger partial charge in [-0.15, -0.1) is 23.4 Å². The van der Waals surface area contributed by atoms with Crippen LogP contribution in [-0.2, 0) is 0 Å². The fourth-order valence-electron chi connectivity index (χ4n) is 1.38. The molecule has 0 atom stereocenters. The quantitative estimate of drug-likeness (QED) is 0.581. The number of halogens is 4. The third-order valence-corrected chi connectivity index (χ3v) is 3.15. The Morgan fingerprint density at radius 2 is 2.23 bits per heavy atom. The molecule has 0 fully saturated rings. The summed E-state index contributed by atoms with van der Waals surface area (Å²) in [5.74, 6) is -0.230. The van der Waals surface area contributed by atoms with Gasteiger partial charge in [0.05, 0.1) is 5.69 Å². The van der Waals surface area contributed by atoms with Crippen LogP contribution in [0.3, 0.4) is 0 Å². The standard InChI is InChI=1S/C11H6F3IN6O/c12-11(13,14)22-7-1-2-9(8(15)3-7)17-5-6(4-16)10-18-20-21-19-10/h1-3,5,17H,(H,18,19,20,21). The van der Waals surface area contributed by atoms with E-state index in [-0.39, 0.29) is 17.1 Å². The van der Waals surface area contributed by atoms with Gasteiger partial charge in [-0.3, -0.25) is 0 Å². The van der Waals surface area contributed by atoms with Crippen LogP contribution < -0.4 is 10.1 Å². The lowest BCUT2D eigenvalue weighted by molar-refractivity contribution is -0.274. The lowest BCUT2D eigenvalue weighted by Gasteiger charge is -2.11. The highest BCUT2D eigenvalue weighted by Gasteiger charge is 2.31. The maximum atomic E-state index is 12.1. The van der Waals surface area contributed by atoms with Crippen molar-refractivity contribution in [1.82, 2.24) is 20.6 Å². The molecule has 0 saturated carbocycles. The lowest BCUT2D eigenvalue weighted by atomic mass is 10.3. The Morgan fingerprint density at radius 3 is 2.77 bits per heavy atom. The van der Waals surface area contributed by atoms with Gasteiger partial charge in [-0.25, -0.2) is 0 Å². The number of nitrogens with zero attached hydrogens (tertiary/aromatic N) is 4. The topological polar surface area (TPSA) is 99.5 Å². The fraction of sp³-hybridized carbons (Fsp3) is 0.0909. The molecule has 2 aromatic rings. The Kier molecular flexibility index (Phi) is 4.81. The van der Waals surface area contributed by atoms with Gasteiger partial charge >= 0.3 is 6.36 Å². The highest BCUT2D eigenvalue weighted by Crippen LogP contribution is 2.28. The van der Waals surface area contributed by atoms with Crippen LogP contribution in [0, 0.1) is 14.9 Å². The second-order valence-electron chi connectivity index (χ2n) is 3.74. The van der Waals surface area contributed by atoms with Gasteiger partial charge in [0.1, 0.15) is 17.4 Å². The average molecular weight is 422 g/mol. The van der Waals surface area contributed by atoms with Gasteiger partial charge in [-0.05, 0) is 46.0 Å². The molecule has 1 aromatic heterocycles. The smallest absolute Gasteiger partial charge is 0.406 e. The minimum absolute atomic E-state index is 0.0991. The molecule has 1 aromatic carbocycles. The zero-order valence-electron chi connectivity index (χ0n) is 10.5. The van der Waals surface area contributed by atoms with Crippen molar-refractivity contribution >= 4 is 33.9 Å². The molecule has 0 saturated heterocycles. The van der Waals surface area contributed by atoms with Gasteiger partial charge in [-0.1, -0.05) is 0 Å². The van der Waals surface area contributed by atoms with Crippen LogP contribution in [0.5, 0.6) is 5.75 Å². The number of allylic oxidation sites excluding steroid dienone is 1. The van der Waals surface area contributed by atoms with E-state index >= 15 is 0 Å². The number of aromatic amines is 1. The number of nitriles is 1. The van der Waals surface area contributed by atoms with Crippen LogP contribution in [0.25, 0.3) is 5.57 Å². The van der Waals surface area contributed by atoms with Crippen LogP contribution in [0.4, 0.5) is 18.9 Å². The first-order valence-electron chi connectivity index (χ1n) is 5.55. The summed E-state index contributed by atoms with van der Waals surface area (Å²) in [4.78, 5) is 0. The van der Waals surface area contributed by atoms with Crippen molar-refractivity contribution in [3.8, 4) is 11.8 Å². The minimum atomic E-state index is -4.75. The Hall–Kier alpha value is -2.36. The van der Waals surface area contributed by atoms with Crippen LogP contribution in [0.2, 0.25) is 0 Å². The number of nitrogens with one attached hydrogen (secondary N) is 2. The SMILES string of the molecule is N#CC(=CNc1ccc(OC(F)(F)F)cc1I)c1nn[nH]n1. The summed E-state index contributed by atoms with van der Waals surface area (Å²) >= 11 is 1.84. The Bertz CT molecular complexity index is 722. The first-order valence-corrected chi connectivity index (χ1v) is 6.63. The summed E-state index contributed by atoms with van der Waals surface area (Å²) in [5.41, 5.74) is 0.603. The number of rotatable bonds is 4. The van der Waals surface area contributed by atoms with Gasteiger partial charge in [-0.2, -0.15) is 10.5 Å². The molecule has 1 heterocycles. The molecule has 0 aliphatic heterocycles. The molecule has 0 aliphatic rings. The molecular formula is C11H6F3IN6O. The lowest BCUT2D eigenvalue weighted by Crippen LogP contribution is -2.17. The van der Waals surface area contributed by atoms with Crippen molar-refractivity contribution in [2.75, 3.05) is 5.32 Å². The van der Waals surface area contributed by atoms with E-state index in [1.54, 1.807) is 0 Å². The number of ether oxygens (including phenoxy) is 1. The second-order valence-corrected chi connectivity index (χ2v) is 4.90. The molecule has 22 heavy (non-hydrogen) atoms. The number of benzene rings is 1. The summed E-state index contributed by atoms with van der Waals surface area (Å²) < 4.78 is 40.6. The van der Waals surface area contributed by atoms with Crippen LogP contribution in [0.1, 0.15) is 5.82 Å². The number of alkyl halides is 3. The predicted molar refractivity (Wildman–Crippen MR) is 77.2 cm³/mol. The average Bonchev–Trinajstić information content (AvgIpc) is 2.94. The number of hydrogen-bond acceptors (Lipinski definition) is 6. The predicted octanol–water partition coefficient (Wildman–Crippen LogP) is 2.68. The van der Waals surface area contributed by atoms with Crippen molar-refractivity contribution in [2.45, 2.75) is 6.36 Å². The van der Waals surface area contributed by atoms with E-state index in [2.05, 4.69) is 30.7 Å². The van der Waals surface area contributed by atoms with E-state index < -0.39 is 6.36 Å². The van der Waals surface area contributed by atoms with Crippen molar-refractivity contribution in [3.05, 3.63) is 33.8 Å². The Morgan fingerprint density at radius 1 is 1.45 bits per heavy atom. The summed E-state index contributed by atoms with van der Waals surface area (Å²) in [5, 5.41) is 24.6. The first kappa shape index (κ1) is 16.0. The van der Waals surface area contributed by atoms with Gasteiger partial charge in [0, 0.05) is 9.77 Å². The van der Waals surface area contributed by atoms with Crippen LogP contribution in [0.15, 0.2) is 24.4 Å². The van der Waals surface area contributed by atoms with Crippen molar-refractivity contribution in [2.24, 2.45) is 0 Å². The molecule has 2 N–H and O–H groups in total. The van der Waals surface area contributed by atoms with Crippen molar-refractivity contribution in [1.29, 1.82) is 5.26 Å². The molecule has 0 bridgehead atoms. The van der Waals surface area contributed by atoms with E-state index in [1.807, 2.05) is 28.7 Å². The van der Waals surface area contributed by atoms with Gasteiger partial charge in [0.25, 0.3) is 0 Å². The van der Waals surface area contributed by atoms with Gasteiger partial charge in [0.15, 0.2) is 0 Å². The molecule has 7 nitrogen and oxygen atoms in total. The normalized spacial score (nSPS) is 11.9. The monoisotopic (exact) mass is 422 g/mol. The summed E-state index contributed by atoms with van der Waals surface area (Å²) in [6.45, 7) is 0. The molecule has 0 aliphatic carbocycles. The number of tetrazole rings is 1. The number of aromatic nitrogens is 4. The third-order valence-electron chi connectivity index (χ3n) is 2.25. The first-order chi connectivity index (χ1) is 10.4. The van der Waals surface area contributed by atoms with Crippen molar-refractivity contribution < 1.29 is 17.9 Å². The van der Waals surface area contributed by atoms with E-state index in [9.17, 15) is 13.2 Å².